The first-order valence-corrected chi connectivity index (χ1v) is 4.44. The van der Waals surface area contributed by atoms with Gasteiger partial charge < -0.3 is 14.9 Å². The van der Waals surface area contributed by atoms with E-state index in [-0.39, 0.29) is 0 Å². The van der Waals surface area contributed by atoms with Gasteiger partial charge in [-0.1, -0.05) is 0 Å². The van der Waals surface area contributed by atoms with Crippen molar-refractivity contribution in [2.75, 3.05) is 14.2 Å². The maximum absolute atomic E-state index is 7.13. The number of benzene rings is 1. The summed E-state index contributed by atoms with van der Waals surface area (Å²) in [5.74, 6) is 1.28. The molecule has 0 radical (unpaired) electrons. The molecular formula is C9H10BrNO2. The topological polar surface area (TPSA) is 42.3 Å². The molecule has 0 saturated carbocycles. The van der Waals surface area contributed by atoms with Crippen molar-refractivity contribution < 1.29 is 9.47 Å². The lowest BCUT2D eigenvalue weighted by Gasteiger charge is -2.09. The third kappa shape index (κ3) is 2.01. The molecule has 0 spiro atoms. The van der Waals surface area contributed by atoms with Gasteiger partial charge in [-0.25, -0.2) is 0 Å². The molecule has 1 N–H and O–H groups in total. The van der Waals surface area contributed by atoms with Crippen LogP contribution in [0.5, 0.6) is 11.5 Å². The maximum Gasteiger partial charge on any atom is 0.161 e. The molecule has 0 fully saturated rings. The molecule has 1 rings (SSSR count). The Labute approximate surface area is 85.3 Å². The molecule has 0 amide bonds. The highest BCUT2D eigenvalue weighted by atomic mass is 79.9. The van der Waals surface area contributed by atoms with Crippen molar-refractivity contribution in [3.05, 3.63) is 22.2 Å². The Morgan fingerprint density at radius 1 is 1.23 bits per heavy atom. The Bertz CT molecular complexity index is 326. The van der Waals surface area contributed by atoms with Gasteiger partial charge in [-0.15, -0.1) is 0 Å². The zero-order chi connectivity index (χ0) is 9.84. The highest BCUT2D eigenvalue weighted by Crippen LogP contribution is 2.32. The van der Waals surface area contributed by atoms with Crippen LogP contribution in [-0.4, -0.2) is 20.4 Å². The van der Waals surface area contributed by atoms with Crippen molar-refractivity contribution in [2.24, 2.45) is 0 Å². The lowest BCUT2D eigenvalue weighted by atomic mass is 10.2. The van der Waals surface area contributed by atoms with Crippen molar-refractivity contribution in [3.8, 4) is 11.5 Å². The molecule has 0 atom stereocenters. The minimum absolute atomic E-state index is 0.629. The van der Waals surface area contributed by atoms with Crippen LogP contribution in [0.25, 0.3) is 0 Å². The molecule has 0 aromatic heterocycles. The average molecular weight is 244 g/mol. The van der Waals surface area contributed by atoms with Gasteiger partial charge in [-0.3, -0.25) is 0 Å². The van der Waals surface area contributed by atoms with Gasteiger partial charge >= 0.3 is 0 Å². The van der Waals surface area contributed by atoms with Gasteiger partial charge in [0.2, 0.25) is 0 Å². The predicted molar refractivity (Wildman–Crippen MR) is 55.1 cm³/mol. The lowest BCUT2D eigenvalue weighted by molar-refractivity contribution is 0.354. The molecular weight excluding hydrogens is 234 g/mol. The van der Waals surface area contributed by atoms with Crippen molar-refractivity contribution >= 4 is 22.1 Å². The molecule has 4 heteroatoms. The highest BCUT2D eigenvalue weighted by Gasteiger charge is 2.07. The van der Waals surface area contributed by atoms with Crippen molar-refractivity contribution in [3.63, 3.8) is 0 Å². The van der Waals surface area contributed by atoms with Crippen LogP contribution in [-0.2, 0) is 0 Å². The third-order valence-corrected chi connectivity index (χ3v) is 2.35. The second kappa shape index (κ2) is 4.28. The van der Waals surface area contributed by atoms with Crippen LogP contribution in [0.4, 0.5) is 0 Å². The fourth-order valence-electron chi connectivity index (χ4n) is 0.981. The van der Waals surface area contributed by atoms with Gasteiger partial charge in [-0.2, -0.15) is 0 Å². The van der Waals surface area contributed by atoms with E-state index in [0.29, 0.717) is 11.5 Å². The summed E-state index contributed by atoms with van der Waals surface area (Å²) in [5.41, 5.74) is 0.762. The first kappa shape index (κ1) is 10.1. The van der Waals surface area contributed by atoms with Crippen LogP contribution in [0.15, 0.2) is 16.6 Å². The van der Waals surface area contributed by atoms with Crippen LogP contribution in [0.1, 0.15) is 5.56 Å². The molecule has 0 aliphatic rings. The van der Waals surface area contributed by atoms with E-state index in [4.69, 9.17) is 14.9 Å². The van der Waals surface area contributed by atoms with E-state index < -0.39 is 0 Å². The Morgan fingerprint density at radius 3 is 2.23 bits per heavy atom. The molecule has 0 unspecified atom stereocenters. The lowest BCUT2D eigenvalue weighted by Crippen LogP contribution is -1.93. The van der Waals surface area contributed by atoms with Crippen molar-refractivity contribution in [2.45, 2.75) is 0 Å². The number of nitrogens with one attached hydrogen (secondary N) is 1. The summed E-state index contributed by atoms with van der Waals surface area (Å²) in [4.78, 5) is 0. The summed E-state index contributed by atoms with van der Waals surface area (Å²) in [6.45, 7) is 0. The summed E-state index contributed by atoms with van der Waals surface area (Å²) in [6.07, 6.45) is 1.26. The Morgan fingerprint density at radius 2 is 1.77 bits per heavy atom. The van der Waals surface area contributed by atoms with Crippen LogP contribution >= 0.6 is 15.9 Å². The molecule has 0 aliphatic heterocycles. The molecule has 0 bridgehead atoms. The summed E-state index contributed by atoms with van der Waals surface area (Å²) < 4.78 is 11.0. The third-order valence-electron chi connectivity index (χ3n) is 1.66. The SMILES string of the molecule is COc1cc(Br)c(C=N)cc1OC. The first-order chi connectivity index (χ1) is 6.22. The summed E-state index contributed by atoms with van der Waals surface area (Å²) >= 11 is 3.32. The largest absolute Gasteiger partial charge is 0.493 e. The zero-order valence-electron chi connectivity index (χ0n) is 7.43. The van der Waals surface area contributed by atoms with Gasteiger partial charge in [0.15, 0.2) is 11.5 Å². The molecule has 0 aliphatic carbocycles. The quantitative estimate of drug-likeness (QED) is 0.830. The highest BCUT2D eigenvalue weighted by molar-refractivity contribution is 9.10. The second-order valence-corrected chi connectivity index (χ2v) is 3.23. The van der Waals surface area contributed by atoms with Crippen LogP contribution < -0.4 is 9.47 Å². The molecule has 13 heavy (non-hydrogen) atoms. The van der Waals surface area contributed by atoms with Crippen LogP contribution in [0, 0.1) is 5.41 Å². The van der Waals surface area contributed by atoms with E-state index in [0.717, 1.165) is 10.0 Å². The number of rotatable bonds is 3. The fourth-order valence-corrected chi connectivity index (χ4v) is 1.42. The van der Waals surface area contributed by atoms with Crippen molar-refractivity contribution in [1.82, 2.24) is 0 Å². The number of ether oxygens (including phenoxy) is 2. The van der Waals surface area contributed by atoms with E-state index in [1.807, 2.05) is 0 Å². The number of hydrogen-bond donors (Lipinski definition) is 1. The molecule has 1 aromatic rings. The van der Waals surface area contributed by atoms with Gasteiger partial charge in [-0.05, 0) is 28.1 Å². The minimum atomic E-state index is 0.629. The summed E-state index contributed by atoms with van der Waals surface area (Å²) in [7, 11) is 3.15. The Hall–Kier alpha value is -1.03. The second-order valence-electron chi connectivity index (χ2n) is 2.37. The van der Waals surface area contributed by atoms with Gasteiger partial charge in [0, 0.05) is 16.3 Å². The van der Waals surface area contributed by atoms with Crippen molar-refractivity contribution in [1.29, 1.82) is 5.41 Å². The normalized spacial score (nSPS) is 9.46. The van der Waals surface area contributed by atoms with E-state index in [9.17, 15) is 0 Å². The summed E-state index contributed by atoms with van der Waals surface area (Å²) in [6, 6.07) is 3.52. The molecule has 70 valence electrons. The van der Waals surface area contributed by atoms with E-state index in [1.165, 1.54) is 6.21 Å². The molecule has 1 aromatic carbocycles. The van der Waals surface area contributed by atoms with Gasteiger partial charge in [0.1, 0.15) is 0 Å². The van der Waals surface area contributed by atoms with E-state index in [2.05, 4.69) is 15.9 Å². The predicted octanol–water partition coefficient (Wildman–Crippen LogP) is 2.46. The minimum Gasteiger partial charge on any atom is -0.493 e. The monoisotopic (exact) mass is 243 g/mol. The molecule has 0 heterocycles. The summed E-state index contributed by atoms with van der Waals surface area (Å²) in [5, 5.41) is 7.13. The number of hydrogen-bond acceptors (Lipinski definition) is 3. The molecule has 3 nitrogen and oxygen atoms in total. The maximum atomic E-state index is 7.13. The van der Waals surface area contributed by atoms with Gasteiger partial charge in [0.25, 0.3) is 0 Å². The fraction of sp³-hybridized carbons (Fsp3) is 0.222. The smallest absolute Gasteiger partial charge is 0.161 e. The van der Waals surface area contributed by atoms with E-state index in [1.54, 1.807) is 26.4 Å². The Balaban J connectivity index is 3.26. The number of halogens is 1. The van der Waals surface area contributed by atoms with Crippen LogP contribution in [0.3, 0.4) is 0 Å². The number of methoxy groups -OCH3 is 2. The average Bonchev–Trinajstić information content (AvgIpc) is 2.17. The van der Waals surface area contributed by atoms with E-state index >= 15 is 0 Å². The van der Waals surface area contributed by atoms with Gasteiger partial charge in [0.05, 0.1) is 14.2 Å². The van der Waals surface area contributed by atoms with Crippen LogP contribution in [0.2, 0.25) is 0 Å². The first-order valence-electron chi connectivity index (χ1n) is 3.65. The standard InChI is InChI=1S/C9H10BrNO2/c1-12-8-3-6(5-11)7(10)4-9(8)13-2/h3-5,11H,1-2H3. The Kier molecular flexibility index (Phi) is 3.31. The molecule has 0 saturated heterocycles. The zero-order valence-corrected chi connectivity index (χ0v) is 9.01.